The van der Waals surface area contributed by atoms with Gasteiger partial charge in [-0.05, 0) is 45.0 Å². The highest BCUT2D eigenvalue weighted by Gasteiger charge is 2.21. The van der Waals surface area contributed by atoms with Crippen molar-refractivity contribution in [3.63, 3.8) is 0 Å². The minimum Gasteiger partial charge on any atom is -0.480 e. The lowest BCUT2D eigenvalue weighted by Gasteiger charge is -2.21. The van der Waals surface area contributed by atoms with Crippen LogP contribution in [0.15, 0.2) is 12.1 Å². The minimum atomic E-state index is -0.297. The van der Waals surface area contributed by atoms with Gasteiger partial charge in [0.2, 0.25) is 0 Å². The number of nitrogens with one attached hydrogen (secondary N) is 3. The second-order valence-corrected chi connectivity index (χ2v) is 6.53. The number of carbonyl (C=O) groups is 2. The van der Waals surface area contributed by atoms with E-state index in [1.807, 2.05) is 0 Å². The van der Waals surface area contributed by atoms with Crippen LogP contribution in [0.3, 0.4) is 0 Å². The smallest absolute Gasteiger partial charge is 0.319 e. The molecule has 3 amide bonds. The fourth-order valence-electron chi connectivity index (χ4n) is 3.10. The van der Waals surface area contributed by atoms with E-state index in [-0.39, 0.29) is 18.5 Å². The van der Waals surface area contributed by atoms with E-state index in [9.17, 15) is 9.59 Å². The number of hydrogen-bond acceptors (Lipinski definition) is 4. The van der Waals surface area contributed by atoms with E-state index in [2.05, 4.69) is 27.9 Å². The Morgan fingerprint density at radius 1 is 1.50 bits per heavy atom. The molecule has 2 heterocycles. The molecule has 0 radical (unpaired) electrons. The van der Waals surface area contributed by atoms with Gasteiger partial charge in [0.1, 0.15) is 0 Å². The Kier molecular flexibility index (Phi) is 5.11. The van der Waals surface area contributed by atoms with Gasteiger partial charge < -0.3 is 25.6 Å². The van der Waals surface area contributed by atoms with Gasteiger partial charge in [0.05, 0.1) is 10.7 Å². The Labute approximate surface area is 145 Å². The van der Waals surface area contributed by atoms with Crippen molar-refractivity contribution in [2.24, 2.45) is 0 Å². The Morgan fingerprint density at radius 3 is 3.08 bits per heavy atom. The number of fused-ring (bicyclic) bond motifs is 1. The number of urea groups is 1. The van der Waals surface area contributed by atoms with E-state index < -0.39 is 0 Å². The van der Waals surface area contributed by atoms with Crippen LogP contribution < -0.4 is 20.7 Å². The molecule has 3 N–H and O–H groups in total. The summed E-state index contributed by atoms with van der Waals surface area (Å²) in [5.41, 5.74) is 0.960. The van der Waals surface area contributed by atoms with Crippen LogP contribution in [0.1, 0.15) is 19.3 Å². The summed E-state index contributed by atoms with van der Waals surface area (Å²) >= 11 is 6.13. The summed E-state index contributed by atoms with van der Waals surface area (Å²) < 4.78 is 5.28. The van der Waals surface area contributed by atoms with Crippen LogP contribution in [-0.4, -0.2) is 49.6 Å². The maximum atomic E-state index is 12.0. The second kappa shape index (κ2) is 7.27. The van der Waals surface area contributed by atoms with E-state index in [1.165, 1.54) is 12.8 Å². The number of carbonyl (C=O) groups excluding carboxylic acids is 2. The first-order valence-corrected chi connectivity index (χ1v) is 8.42. The lowest BCUT2D eigenvalue weighted by molar-refractivity contribution is -0.118. The molecule has 1 aromatic carbocycles. The van der Waals surface area contributed by atoms with E-state index >= 15 is 0 Å². The molecular formula is C16H21ClN4O3. The first kappa shape index (κ1) is 16.9. The molecule has 0 bridgehead atoms. The zero-order valence-corrected chi connectivity index (χ0v) is 14.3. The van der Waals surface area contributed by atoms with Gasteiger partial charge in [0.15, 0.2) is 12.4 Å². The molecule has 1 fully saturated rings. The van der Waals surface area contributed by atoms with Crippen molar-refractivity contribution in [3.8, 4) is 5.75 Å². The number of benzene rings is 1. The first-order chi connectivity index (χ1) is 11.5. The van der Waals surface area contributed by atoms with Crippen molar-refractivity contribution in [3.05, 3.63) is 17.2 Å². The minimum absolute atomic E-state index is 0.0599. The van der Waals surface area contributed by atoms with Gasteiger partial charge in [-0.3, -0.25) is 4.79 Å². The van der Waals surface area contributed by atoms with Gasteiger partial charge in [-0.2, -0.15) is 0 Å². The van der Waals surface area contributed by atoms with E-state index in [0.29, 0.717) is 34.7 Å². The number of nitrogens with zero attached hydrogens (tertiary/aromatic N) is 1. The number of amides is 3. The lowest BCUT2D eigenvalue weighted by atomic mass is 10.1. The Bertz CT molecular complexity index is 652. The highest BCUT2D eigenvalue weighted by atomic mass is 35.5. The van der Waals surface area contributed by atoms with Gasteiger partial charge in [0.25, 0.3) is 5.91 Å². The van der Waals surface area contributed by atoms with Gasteiger partial charge in [-0.1, -0.05) is 11.6 Å². The maximum absolute atomic E-state index is 12.0. The molecule has 7 nitrogen and oxygen atoms in total. The van der Waals surface area contributed by atoms with Crippen molar-refractivity contribution in [2.75, 3.05) is 37.4 Å². The van der Waals surface area contributed by atoms with Gasteiger partial charge >= 0.3 is 6.03 Å². The number of anilines is 2. The number of likely N-dealkylation sites (tertiary alicyclic amines) is 1. The van der Waals surface area contributed by atoms with Crippen molar-refractivity contribution >= 4 is 34.9 Å². The van der Waals surface area contributed by atoms with Crippen molar-refractivity contribution in [2.45, 2.75) is 25.3 Å². The predicted molar refractivity (Wildman–Crippen MR) is 92.9 cm³/mol. The normalized spacial score (nSPS) is 20.1. The highest BCUT2D eigenvalue weighted by molar-refractivity contribution is 6.33. The van der Waals surface area contributed by atoms with E-state index in [0.717, 1.165) is 13.0 Å². The number of halogens is 1. The highest BCUT2D eigenvalue weighted by Crippen LogP contribution is 2.38. The zero-order chi connectivity index (χ0) is 17.1. The van der Waals surface area contributed by atoms with Crippen LogP contribution in [0.4, 0.5) is 16.2 Å². The molecular weight excluding hydrogens is 332 g/mol. The van der Waals surface area contributed by atoms with Crippen LogP contribution in [0, 0.1) is 0 Å². The molecule has 1 unspecified atom stereocenters. The average Bonchev–Trinajstić information content (AvgIpc) is 2.92. The van der Waals surface area contributed by atoms with Gasteiger partial charge in [-0.25, -0.2) is 4.79 Å². The molecule has 0 aromatic heterocycles. The molecule has 1 aromatic rings. The van der Waals surface area contributed by atoms with E-state index in [1.54, 1.807) is 12.1 Å². The molecule has 24 heavy (non-hydrogen) atoms. The van der Waals surface area contributed by atoms with Crippen LogP contribution in [0.2, 0.25) is 5.02 Å². The summed E-state index contributed by atoms with van der Waals surface area (Å²) in [6.45, 7) is 1.67. The molecule has 3 rings (SSSR count). The van der Waals surface area contributed by atoms with Crippen LogP contribution in [0.5, 0.6) is 5.75 Å². The summed E-state index contributed by atoms with van der Waals surface area (Å²) in [6.07, 6.45) is 3.33. The predicted octanol–water partition coefficient (Wildman–Crippen LogP) is 2.28. The molecule has 1 saturated heterocycles. The van der Waals surface area contributed by atoms with E-state index in [4.69, 9.17) is 16.3 Å². The zero-order valence-electron chi connectivity index (χ0n) is 13.5. The number of hydrogen-bond donors (Lipinski definition) is 3. The molecule has 0 aliphatic carbocycles. The topological polar surface area (TPSA) is 82.7 Å². The molecule has 1 atom stereocenters. The number of ether oxygens (including phenoxy) is 1. The third kappa shape index (κ3) is 3.91. The first-order valence-electron chi connectivity index (χ1n) is 8.04. The molecule has 0 saturated carbocycles. The average molecular weight is 353 g/mol. The molecule has 2 aliphatic heterocycles. The summed E-state index contributed by atoms with van der Waals surface area (Å²) in [4.78, 5) is 25.7. The third-order valence-electron chi connectivity index (χ3n) is 4.36. The second-order valence-electron chi connectivity index (χ2n) is 6.12. The molecule has 0 spiro atoms. The summed E-state index contributed by atoms with van der Waals surface area (Å²) in [5.74, 6) is 0.173. The van der Waals surface area contributed by atoms with Crippen molar-refractivity contribution in [1.29, 1.82) is 0 Å². The van der Waals surface area contributed by atoms with Crippen molar-refractivity contribution < 1.29 is 14.3 Å². The molecule has 8 heteroatoms. The summed E-state index contributed by atoms with van der Waals surface area (Å²) in [6, 6.07) is 3.47. The van der Waals surface area contributed by atoms with Crippen molar-refractivity contribution in [1.82, 2.24) is 10.2 Å². The summed E-state index contributed by atoms with van der Waals surface area (Å²) in [7, 11) is 2.11. The number of rotatable bonds is 4. The van der Waals surface area contributed by atoms with Crippen LogP contribution in [0.25, 0.3) is 0 Å². The SMILES string of the molecule is CN1CCCC1CCNC(=O)Nc1cc(Cl)c2c(c1)NC(=O)CO2. The third-order valence-corrected chi connectivity index (χ3v) is 4.64. The quantitative estimate of drug-likeness (QED) is 0.776. The fourth-order valence-corrected chi connectivity index (χ4v) is 3.37. The fraction of sp³-hybridized carbons (Fsp3) is 0.500. The molecule has 130 valence electrons. The van der Waals surface area contributed by atoms with Gasteiger partial charge in [-0.15, -0.1) is 0 Å². The lowest BCUT2D eigenvalue weighted by Crippen LogP contribution is -2.34. The Morgan fingerprint density at radius 2 is 2.33 bits per heavy atom. The Hall–Kier alpha value is -1.99. The van der Waals surface area contributed by atoms with Gasteiger partial charge in [0, 0.05) is 18.3 Å². The standard InChI is InChI=1S/C16H21ClN4O3/c1-21-6-2-3-11(21)4-5-18-16(23)19-10-7-12(17)15-13(8-10)20-14(22)9-24-15/h7-8,11H,2-6,9H2,1H3,(H,20,22)(H2,18,19,23). The van der Waals surface area contributed by atoms with Crippen LogP contribution in [-0.2, 0) is 4.79 Å². The van der Waals surface area contributed by atoms with Crippen LogP contribution >= 0.6 is 11.6 Å². The largest absolute Gasteiger partial charge is 0.480 e. The monoisotopic (exact) mass is 352 g/mol. The maximum Gasteiger partial charge on any atom is 0.319 e. The Balaban J connectivity index is 1.53. The molecule has 2 aliphatic rings. The summed E-state index contributed by atoms with van der Waals surface area (Å²) in [5, 5.41) is 8.59.